The first-order chi connectivity index (χ1) is 9.35. The molecule has 1 aliphatic heterocycles. The van der Waals surface area contributed by atoms with Crippen LogP contribution in [0.2, 0.25) is 0 Å². The van der Waals surface area contributed by atoms with E-state index in [4.69, 9.17) is 4.74 Å². The van der Waals surface area contributed by atoms with Gasteiger partial charge in [0.05, 0.1) is 0 Å². The second-order valence-corrected chi connectivity index (χ2v) is 7.17. The van der Waals surface area contributed by atoms with E-state index in [1.165, 1.54) is 5.56 Å². The van der Waals surface area contributed by atoms with E-state index >= 15 is 0 Å². The summed E-state index contributed by atoms with van der Waals surface area (Å²) in [6.07, 6.45) is -0.194. The highest BCUT2D eigenvalue weighted by Gasteiger charge is 2.30. The van der Waals surface area contributed by atoms with Crippen LogP contribution in [-0.2, 0) is 11.3 Å². The van der Waals surface area contributed by atoms with Crippen LogP contribution in [0.5, 0.6) is 0 Å². The molecule has 2 rings (SSSR count). The lowest BCUT2D eigenvalue weighted by molar-refractivity contribution is 0.000578. The maximum atomic E-state index is 12.1. The van der Waals surface area contributed by atoms with Crippen LogP contribution in [0, 0.1) is 0 Å². The minimum Gasteiger partial charge on any atom is -0.444 e. The van der Waals surface area contributed by atoms with Crippen LogP contribution >= 0.6 is 11.3 Å². The maximum Gasteiger partial charge on any atom is 0.410 e. The van der Waals surface area contributed by atoms with Crippen LogP contribution in [-0.4, -0.2) is 47.2 Å². The van der Waals surface area contributed by atoms with Gasteiger partial charge in [0.25, 0.3) is 0 Å². The average molecular weight is 296 g/mol. The maximum absolute atomic E-state index is 12.1. The van der Waals surface area contributed by atoms with Crippen molar-refractivity contribution in [1.29, 1.82) is 0 Å². The van der Waals surface area contributed by atoms with Gasteiger partial charge in [0.1, 0.15) is 5.60 Å². The zero-order valence-corrected chi connectivity index (χ0v) is 13.6. The van der Waals surface area contributed by atoms with Crippen molar-refractivity contribution in [3.63, 3.8) is 0 Å². The third-order valence-electron chi connectivity index (χ3n) is 3.33. The summed E-state index contributed by atoms with van der Waals surface area (Å²) in [6.45, 7) is 11.3. The molecule has 1 aliphatic rings. The molecule has 0 aromatic carbocycles. The summed E-state index contributed by atoms with van der Waals surface area (Å²) >= 11 is 1.73. The van der Waals surface area contributed by atoms with Crippen molar-refractivity contribution < 1.29 is 9.53 Å². The van der Waals surface area contributed by atoms with Gasteiger partial charge in [-0.2, -0.15) is 11.3 Å². The molecule has 1 aromatic rings. The molecule has 0 N–H and O–H groups in total. The zero-order valence-electron chi connectivity index (χ0n) is 12.8. The third kappa shape index (κ3) is 4.21. The van der Waals surface area contributed by atoms with E-state index in [1.807, 2.05) is 25.7 Å². The van der Waals surface area contributed by atoms with E-state index in [2.05, 4.69) is 28.7 Å². The molecule has 1 saturated heterocycles. The van der Waals surface area contributed by atoms with Crippen molar-refractivity contribution in [2.75, 3.05) is 19.6 Å². The van der Waals surface area contributed by atoms with Crippen LogP contribution in [0.25, 0.3) is 0 Å². The highest BCUT2D eigenvalue weighted by Crippen LogP contribution is 2.17. The van der Waals surface area contributed by atoms with E-state index in [0.717, 1.165) is 26.2 Å². The Bertz CT molecular complexity index is 439. The number of rotatable bonds is 2. The number of ether oxygens (including phenoxy) is 1. The predicted octanol–water partition coefficient (Wildman–Crippen LogP) is 3.19. The van der Waals surface area contributed by atoms with Crippen molar-refractivity contribution >= 4 is 17.4 Å². The van der Waals surface area contributed by atoms with Gasteiger partial charge in [-0.05, 0) is 50.1 Å². The quantitative estimate of drug-likeness (QED) is 0.840. The summed E-state index contributed by atoms with van der Waals surface area (Å²) in [5, 5.41) is 4.29. The topological polar surface area (TPSA) is 32.8 Å². The number of amides is 1. The smallest absolute Gasteiger partial charge is 0.410 e. The third-order valence-corrected chi connectivity index (χ3v) is 4.06. The van der Waals surface area contributed by atoms with Crippen LogP contribution in [0.4, 0.5) is 4.79 Å². The van der Waals surface area contributed by atoms with Crippen LogP contribution in [0.1, 0.15) is 33.3 Å². The van der Waals surface area contributed by atoms with Crippen LogP contribution in [0.3, 0.4) is 0 Å². The number of hydrogen-bond donors (Lipinski definition) is 0. The SMILES string of the molecule is CC1CN(Cc2ccsc2)CCN1C(=O)OC(C)(C)C. The van der Waals surface area contributed by atoms with Gasteiger partial charge in [0.2, 0.25) is 0 Å². The number of nitrogens with zero attached hydrogens (tertiary/aromatic N) is 2. The first kappa shape index (κ1) is 15.3. The van der Waals surface area contributed by atoms with Gasteiger partial charge in [0, 0.05) is 32.2 Å². The van der Waals surface area contributed by atoms with E-state index in [9.17, 15) is 4.79 Å². The molecule has 4 nitrogen and oxygen atoms in total. The Morgan fingerprint density at radius 1 is 1.45 bits per heavy atom. The van der Waals surface area contributed by atoms with Gasteiger partial charge in [-0.1, -0.05) is 0 Å². The molecular formula is C15H24N2O2S. The Balaban J connectivity index is 1.87. The Kier molecular flexibility index (Phi) is 4.70. The second-order valence-electron chi connectivity index (χ2n) is 6.39. The minimum absolute atomic E-state index is 0.192. The fourth-order valence-electron chi connectivity index (χ4n) is 2.41. The second kappa shape index (κ2) is 6.14. The molecule has 1 amide bonds. The van der Waals surface area contributed by atoms with Crippen molar-refractivity contribution in [2.45, 2.75) is 45.9 Å². The number of carbonyl (C=O) groups is 1. The summed E-state index contributed by atoms with van der Waals surface area (Å²) in [6, 6.07) is 2.35. The largest absolute Gasteiger partial charge is 0.444 e. The molecule has 0 aliphatic carbocycles. The Morgan fingerprint density at radius 2 is 2.20 bits per heavy atom. The minimum atomic E-state index is -0.426. The molecule has 20 heavy (non-hydrogen) atoms. The molecule has 0 saturated carbocycles. The molecular weight excluding hydrogens is 272 g/mol. The molecule has 1 aromatic heterocycles. The number of hydrogen-bond acceptors (Lipinski definition) is 4. The van der Waals surface area contributed by atoms with Crippen LogP contribution in [0.15, 0.2) is 16.8 Å². The molecule has 1 atom stereocenters. The summed E-state index contributed by atoms with van der Waals surface area (Å²) in [7, 11) is 0. The van der Waals surface area contributed by atoms with Gasteiger partial charge in [0.15, 0.2) is 0 Å². The first-order valence-electron chi connectivity index (χ1n) is 7.08. The van der Waals surface area contributed by atoms with Gasteiger partial charge in [-0.3, -0.25) is 4.90 Å². The summed E-state index contributed by atoms with van der Waals surface area (Å²) < 4.78 is 5.46. The van der Waals surface area contributed by atoms with Crippen molar-refractivity contribution in [3.05, 3.63) is 22.4 Å². The van der Waals surface area contributed by atoms with E-state index in [1.54, 1.807) is 11.3 Å². The Morgan fingerprint density at radius 3 is 2.75 bits per heavy atom. The lowest BCUT2D eigenvalue weighted by atomic mass is 10.1. The van der Waals surface area contributed by atoms with Gasteiger partial charge >= 0.3 is 6.09 Å². The average Bonchev–Trinajstić information content (AvgIpc) is 2.79. The Hall–Kier alpha value is -1.07. The summed E-state index contributed by atoms with van der Waals surface area (Å²) in [5.41, 5.74) is 0.929. The van der Waals surface area contributed by atoms with E-state index in [-0.39, 0.29) is 12.1 Å². The van der Waals surface area contributed by atoms with Crippen molar-refractivity contribution in [3.8, 4) is 0 Å². The van der Waals surface area contributed by atoms with Crippen molar-refractivity contribution in [2.24, 2.45) is 0 Å². The molecule has 5 heteroatoms. The van der Waals surface area contributed by atoms with E-state index < -0.39 is 5.60 Å². The lowest BCUT2D eigenvalue weighted by Crippen LogP contribution is -2.54. The number of thiophene rings is 1. The van der Waals surface area contributed by atoms with E-state index in [0.29, 0.717) is 0 Å². The van der Waals surface area contributed by atoms with Crippen LogP contribution < -0.4 is 0 Å². The van der Waals surface area contributed by atoms with Gasteiger partial charge in [-0.25, -0.2) is 4.79 Å². The molecule has 0 radical (unpaired) electrons. The zero-order chi connectivity index (χ0) is 14.8. The lowest BCUT2D eigenvalue weighted by Gasteiger charge is -2.40. The first-order valence-corrected chi connectivity index (χ1v) is 8.02. The molecule has 1 fully saturated rings. The summed E-state index contributed by atoms with van der Waals surface area (Å²) in [4.78, 5) is 16.4. The fourth-order valence-corrected chi connectivity index (χ4v) is 3.07. The Labute approximate surface area is 125 Å². The van der Waals surface area contributed by atoms with Gasteiger partial charge < -0.3 is 9.64 Å². The predicted molar refractivity (Wildman–Crippen MR) is 82.0 cm³/mol. The summed E-state index contributed by atoms with van der Waals surface area (Å²) in [5.74, 6) is 0. The monoisotopic (exact) mass is 296 g/mol. The van der Waals surface area contributed by atoms with Crippen molar-refractivity contribution in [1.82, 2.24) is 9.80 Å². The fraction of sp³-hybridized carbons (Fsp3) is 0.667. The number of carbonyl (C=O) groups excluding carboxylic acids is 1. The molecule has 0 spiro atoms. The highest BCUT2D eigenvalue weighted by molar-refractivity contribution is 7.07. The molecule has 112 valence electrons. The van der Waals surface area contributed by atoms with Gasteiger partial charge in [-0.15, -0.1) is 0 Å². The number of piperazine rings is 1. The molecule has 0 bridgehead atoms. The molecule has 1 unspecified atom stereocenters. The molecule has 2 heterocycles. The normalized spacial score (nSPS) is 21.0. The highest BCUT2D eigenvalue weighted by atomic mass is 32.1. The standard InChI is InChI=1S/C15H24N2O2S/c1-12-9-16(10-13-5-8-20-11-13)6-7-17(12)14(18)19-15(2,3)4/h5,8,11-12H,6-7,9-10H2,1-4H3.